The van der Waals surface area contributed by atoms with Crippen molar-refractivity contribution in [1.82, 2.24) is 20.0 Å². The number of nitrogens with zero attached hydrogens (tertiary/aromatic N) is 3. The second-order valence-corrected chi connectivity index (χ2v) is 8.69. The zero-order valence-electron chi connectivity index (χ0n) is 17.3. The summed E-state index contributed by atoms with van der Waals surface area (Å²) in [5, 5.41) is 10.2. The van der Waals surface area contributed by atoms with Crippen molar-refractivity contribution in [2.45, 2.75) is 37.4 Å². The Bertz CT molecular complexity index is 1370. The third kappa shape index (κ3) is 2.93. The van der Waals surface area contributed by atoms with Gasteiger partial charge in [-0.25, -0.2) is 18.7 Å². The number of rotatable bonds is 3. The number of carbonyl (C=O) groups excluding carboxylic acids is 2. The van der Waals surface area contributed by atoms with Crippen LogP contribution in [0, 0.1) is 11.6 Å². The van der Waals surface area contributed by atoms with Crippen LogP contribution in [0.2, 0.25) is 0 Å². The molecule has 2 unspecified atom stereocenters. The van der Waals surface area contributed by atoms with Gasteiger partial charge in [-0.1, -0.05) is 12.1 Å². The maximum absolute atomic E-state index is 14.3. The Morgan fingerprint density at radius 3 is 2.45 bits per heavy atom. The van der Waals surface area contributed by atoms with Crippen LogP contribution in [0.15, 0.2) is 41.2 Å². The quantitative estimate of drug-likeness (QED) is 0.596. The number of hydrogen-bond donors (Lipinski definition) is 2. The molecule has 2 atom stereocenters. The van der Waals surface area contributed by atoms with Crippen LogP contribution in [-0.2, 0) is 4.79 Å². The summed E-state index contributed by atoms with van der Waals surface area (Å²) in [6.07, 6.45) is 2.70. The first kappa shape index (κ1) is 19.8. The summed E-state index contributed by atoms with van der Waals surface area (Å²) in [7, 11) is 0. The van der Waals surface area contributed by atoms with Crippen LogP contribution in [0.1, 0.15) is 42.6 Å². The fourth-order valence-corrected chi connectivity index (χ4v) is 5.02. The Hall–Kier alpha value is -3.82. The molecular formula is C23H19F2N5O3. The van der Waals surface area contributed by atoms with Gasteiger partial charge in [0.25, 0.3) is 11.5 Å². The van der Waals surface area contributed by atoms with E-state index in [2.05, 4.69) is 15.5 Å². The van der Waals surface area contributed by atoms with Crippen LogP contribution in [0.5, 0.6) is 0 Å². The first-order chi connectivity index (χ1) is 15.9. The Morgan fingerprint density at radius 2 is 1.76 bits per heavy atom. The van der Waals surface area contributed by atoms with Crippen LogP contribution < -0.4 is 10.9 Å². The van der Waals surface area contributed by atoms with Gasteiger partial charge in [0.05, 0.1) is 17.1 Å². The number of carbonyl (C=O) groups is 2. The van der Waals surface area contributed by atoms with Crippen molar-refractivity contribution in [3.63, 3.8) is 0 Å². The predicted octanol–water partition coefficient (Wildman–Crippen LogP) is 3.23. The smallest absolute Gasteiger partial charge is 0.328 e. The fraction of sp³-hybridized carbons (Fsp3) is 0.304. The normalized spacial score (nSPS) is 22.6. The standard InChI is InChI=1S/C23H19F2N5O3/c24-12-6-4-11(5-7-12)19-21(30-17(31)10-29(23(30)33)14-2-1-3-14)20-18-15(22(32)28-27-20)8-13(25)9-16(18)26-19/h4-9,14,19,21,26H,1-3,10H2,(H,28,32). The van der Waals surface area contributed by atoms with E-state index in [9.17, 15) is 23.2 Å². The number of benzene rings is 2. The largest absolute Gasteiger partial charge is 0.375 e. The van der Waals surface area contributed by atoms with Gasteiger partial charge in [0, 0.05) is 17.1 Å². The van der Waals surface area contributed by atoms with Crippen molar-refractivity contribution in [3.05, 3.63) is 69.6 Å². The molecule has 1 saturated heterocycles. The summed E-state index contributed by atoms with van der Waals surface area (Å²) >= 11 is 0. The number of aromatic nitrogens is 2. The molecule has 2 N–H and O–H groups in total. The summed E-state index contributed by atoms with van der Waals surface area (Å²) in [4.78, 5) is 41.7. The van der Waals surface area contributed by atoms with Crippen LogP contribution in [0.4, 0.5) is 19.3 Å². The van der Waals surface area contributed by atoms with Crippen molar-refractivity contribution in [3.8, 4) is 0 Å². The highest BCUT2D eigenvalue weighted by Crippen LogP contribution is 2.46. The third-order valence-electron chi connectivity index (χ3n) is 6.84. The topological polar surface area (TPSA) is 98.4 Å². The highest BCUT2D eigenvalue weighted by molar-refractivity contribution is 6.04. The highest BCUT2D eigenvalue weighted by atomic mass is 19.1. The van der Waals surface area contributed by atoms with E-state index in [0.717, 1.165) is 25.3 Å². The molecule has 10 heteroatoms. The molecule has 2 aromatic carbocycles. The van der Waals surface area contributed by atoms with Gasteiger partial charge in [0.15, 0.2) is 0 Å². The van der Waals surface area contributed by atoms with Crippen molar-refractivity contribution in [2.75, 3.05) is 11.9 Å². The molecule has 3 aliphatic rings. The summed E-state index contributed by atoms with van der Waals surface area (Å²) < 4.78 is 28.0. The summed E-state index contributed by atoms with van der Waals surface area (Å²) in [6.45, 7) is -0.0289. The lowest BCUT2D eigenvalue weighted by Crippen LogP contribution is -2.46. The van der Waals surface area contributed by atoms with Crippen LogP contribution in [-0.4, -0.2) is 44.5 Å². The zero-order valence-corrected chi connectivity index (χ0v) is 17.3. The lowest BCUT2D eigenvalue weighted by atomic mass is 9.88. The first-order valence-corrected chi connectivity index (χ1v) is 10.8. The molecule has 33 heavy (non-hydrogen) atoms. The van der Waals surface area contributed by atoms with Gasteiger partial charge in [-0.15, -0.1) is 0 Å². The van der Waals surface area contributed by atoms with Crippen LogP contribution >= 0.6 is 0 Å². The number of aromatic amines is 1. The second-order valence-electron chi connectivity index (χ2n) is 8.69. The maximum Gasteiger partial charge on any atom is 0.328 e. The molecule has 1 aromatic heterocycles. The lowest BCUT2D eigenvalue weighted by Gasteiger charge is -2.39. The van der Waals surface area contributed by atoms with E-state index in [1.54, 1.807) is 17.0 Å². The van der Waals surface area contributed by atoms with Crippen molar-refractivity contribution in [2.24, 2.45) is 0 Å². The molecule has 168 valence electrons. The minimum Gasteiger partial charge on any atom is -0.375 e. The molecule has 1 aliphatic carbocycles. The summed E-state index contributed by atoms with van der Waals surface area (Å²) in [6, 6.07) is 5.95. The Balaban J connectivity index is 1.55. The van der Waals surface area contributed by atoms with Gasteiger partial charge in [-0.2, -0.15) is 5.10 Å². The minimum absolute atomic E-state index is 0.0252. The number of amides is 3. The number of H-pyrrole nitrogens is 1. The predicted molar refractivity (Wildman–Crippen MR) is 114 cm³/mol. The van der Waals surface area contributed by atoms with E-state index in [4.69, 9.17) is 0 Å². The maximum atomic E-state index is 14.3. The first-order valence-electron chi connectivity index (χ1n) is 10.8. The van der Waals surface area contributed by atoms with Crippen molar-refractivity contribution < 1.29 is 18.4 Å². The zero-order chi connectivity index (χ0) is 22.9. The SMILES string of the molecule is O=C1CN(C2CCC2)C(=O)N1C1c2n[nH]c(=O)c3cc(F)cc(c23)NC1c1ccc(F)cc1. The number of imide groups is 1. The van der Waals surface area contributed by atoms with E-state index in [-0.39, 0.29) is 29.6 Å². The Morgan fingerprint density at radius 1 is 1.00 bits per heavy atom. The van der Waals surface area contributed by atoms with E-state index >= 15 is 0 Å². The molecule has 2 aliphatic heterocycles. The number of urea groups is 1. The molecule has 2 fully saturated rings. The van der Waals surface area contributed by atoms with E-state index < -0.39 is 35.3 Å². The third-order valence-corrected chi connectivity index (χ3v) is 6.84. The van der Waals surface area contributed by atoms with Gasteiger partial charge in [0.2, 0.25) is 0 Å². The van der Waals surface area contributed by atoms with Gasteiger partial charge in [0.1, 0.15) is 24.2 Å². The highest BCUT2D eigenvalue weighted by Gasteiger charge is 2.49. The van der Waals surface area contributed by atoms with Crippen LogP contribution in [0.25, 0.3) is 10.8 Å². The van der Waals surface area contributed by atoms with Gasteiger partial charge in [-0.05, 0) is 49.1 Å². The summed E-state index contributed by atoms with van der Waals surface area (Å²) in [5.41, 5.74) is 0.606. The number of nitrogens with one attached hydrogen (secondary N) is 2. The molecule has 6 rings (SSSR count). The molecular weight excluding hydrogens is 432 g/mol. The average molecular weight is 451 g/mol. The van der Waals surface area contributed by atoms with Gasteiger partial charge >= 0.3 is 6.03 Å². The van der Waals surface area contributed by atoms with Gasteiger partial charge in [-0.3, -0.25) is 14.5 Å². The van der Waals surface area contributed by atoms with E-state index in [1.807, 2.05) is 0 Å². The molecule has 3 aromatic rings. The molecule has 0 bridgehead atoms. The Kier molecular flexibility index (Phi) is 4.26. The van der Waals surface area contributed by atoms with Crippen LogP contribution in [0.3, 0.4) is 0 Å². The molecule has 8 nitrogen and oxygen atoms in total. The molecule has 0 spiro atoms. The average Bonchev–Trinajstić information content (AvgIpc) is 3.03. The second kappa shape index (κ2) is 7.09. The van der Waals surface area contributed by atoms with E-state index in [1.165, 1.54) is 23.1 Å². The Labute approximate surface area is 186 Å². The van der Waals surface area contributed by atoms with Crippen molar-refractivity contribution >= 4 is 28.4 Å². The van der Waals surface area contributed by atoms with E-state index in [0.29, 0.717) is 16.6 Å². The molecule has 3 amide bonds. The number of anilines is 1. The molecule has 3 heterocycles. The fourth-order valence-electron chi connectivity index (χ4n) is 5.02. The lowest BCUT2D eigenvalue weighted by molar-refractivity contribution is -0.127. The molecule has 0 radical (unpaired) electrons. The molecule has 1 saturated carbocycles. The monoisotopic (exact) mass is 451 g/mol. The number of hydrogen-bond acceptors (Lipinski definition) is 5. The van der Waals surface area contributed by atoms with Crippen molar-refractivity contribution in [1.29, 1.82) is 0 Å². The minimum atomic E-state index is -0.919. The van der Waals surface area contributed by atoms with Gasteiger partial charge < -0.3 is 10.2 Å². The summed E-state index contributed by atoms with van der Waals surface area (Å²) in [5.74, 6) is -1.43. The number of halogens is 2.